The van der Waals surface area contributed by atoms with Crippen LogP contribution in [0.25, 0.3) is 27.8 Å². The molecule has 2 N–H and O–H groups in total. The maximum atomic E-state index is 13.8. The molecule has 2 fully saturated rings. The van der Waals surface area contributed by atoms with Gasteiger partial charge in [0.1, 0.15) is 18.7 Å². The van der Waals surface area contributed by atoms with Crippen molar-refractivity contribution >= 4 is 34.5 Å². The second kappa shape index (κ2) is 10.1. The normalized spacial score (nSPS) is 19.0. The number of halogens is 2. The number of hydrogen-bond donors (Lipinski definition) is 2. The molecule has 9 nitrogen and oxygen atoms in total. The van der Waals surface area contributed by atoms with E-state index in [0.29, 0.717) is 32.9 Å². The summed E-state index contributed by atoms with van der Waals surface area (Å²) in [5.74, 6) is -0.395. The fraction of sp³-hybridized carbons (Fsp3) is 0.259. The number of nitrogens with one attached hydrogen (secondary N) is 2. The van der Waals surface area contributed by atoms with Crippen molar-refractivity contribution in [2.24, 2.45) is 0 Å². The van der Waals surface area contributed by atoms with Gasteiger partial charge in [-0.05, 0) is 49.2 Å². The predicted molar refractivity (Wildman–Crippen MR) is 140 cm³/mol. The van der Waals surface area contributed by atoms with Crippen molar-refractivity contribution in [1.29, 1.82) is 0 Å². The summed E-state index contributed by atoms with van der Waals surface area (Å²) in [5.41, 5.74) is 1.31. The summed E-state index contributed by atoms with van der Waals surface area (Å²) in [6.07, 6.45) is 2.27. The minimum Gasteiger partial charge on any atom is -0.351 e. The zero-order chi connectivity index (χ0) is 26.2. The molecule has 1 amide bonds. The van der Waals surface area contributed by atoms with Gasteiger partial charge in [0.25, 0.3) is 11.5 Å². The second-order valence-electron chi connectivity index (χ2n) is 9.20. The number of amides is 1. The van der Waals surface area contributed by atoms with Gasteiger partial charge >= 0.3 is 0 Å². The second-order valence-corrected chi connectivity index (χ2v) is 9.61. The third-order valence-corrected chi connectivity index (χ3v) is 6.83. The first kappa shape index (κ1) is 24.5. The predicted octanol–water partition coefficient (Wildman–Crippen LogP) is 3.67. The molecule has 2 aromatic carbocycles. The molecule has 1 saturated heterocycles. The van der Waals surface area contributed by atoms with Gasteiger partial charge in [-0.15, -0.1) is 0 Å². The molecule has 194 valence electrons. The molecular weight excluding hydrogens is 513 g/mol. The number of hydrogen-bond acceptors (Lipinski definition) is 7. The molecule has 0 spiro atoms. The van der Waals surface area contributed by atoms with Crippen molar-refractivity contribution in [3.8, 4) is 16.8 Å². The van der Waals surface area contributed by atoms with E-state index in [1.54, 1.807) is 36.5 Å². The number of carbonyl (C=O) groups is 1. The van der Waals surface area contributed by atoms with Crippen LogP contribution in [0.3, 0.4) is 0 Å². The molecule has 0 bridgehead atoms. The number of benzene rings is 2. The standard InChI is InChI=1S/C27H23ClFN5O4/c28-21-4-2-1-3-19(21)20-11-15-12-30-27(31-13-22-23(38-14-37-22)25(35)32-17-7-8-17)33-24(15)34(26(20)36)18-9-5-16(29)6-10-18/h1-6,9-12,17,22-23H,7-8,13-14H2,(H,32,35)(H,30,31,33). The third-order valence-electron chi connectivity index (χ3n) is 6.50. The molecular formula is C27H23ClFN5O4. The van der Waals surface area contributed by atoms with Gasteiger partial charge in [-0.2, -0.15) is 4.98 Å². The average molecular weight is 536 g/mol. The summed E-state index contributed by atoms with van der Waals surface area (Å²) in [4.78, 5) is 35.2. The minimum absolute atomic E-state index is 0.0165. The van der Waals surface area contributed by atoms with Crippen LogP contribution in [0.1, 0.15) is 12.8 Å². The number of fused-ring (bicyclic) bond motifs is 1. The van der Waals surface area contributed by atoms with Crippen molar-refractivity contribution in [3.63, 3.8) is 0 Å². The number of rotatable bonds is 7. The van der Waals surface area contributed by atoms with Crippen molar-refractivity contribution in [2.45, 2.75) is 31.1 Å². The summed E-state index contributed by atoms with van der Waals surface area (Å²) < 4.78 is 26.2. The molecule has 6 rings (SSSR count). The van der Waals surface area contributed by atoms with Crippen molar-refractivity contribution in [2.75, 3.05) is 18.7 Å². The van der Waals surface area contributed by atoms with Crippen LogP contribution in [0.15, 0.2) is 65.6 Å². The third kappa shape index (κ3) is 4.85. The van der Waals surface area contributed by atoms with Crippen molar-refractivity contribution in [3.05, 3.63) is 82.0 Å². The lowest BCUT2D eigenvalue weighted by molar-refractivity contribution is -0.130. The quantitative estimate of drug-likeness (QED) is 0.372. The molecule has 3 heterocycles. The maximum absolute atomic E-state index is 13.8. The van der Waals surface area contributed by atoms with Gasteiger partial charge < -0.3 is 20.1 Å². The number of ether oxygens (including phenoxy) is 2. The summed E-state index contributed by atoms with van der Waals surface area (Å²) in [7, 11) is 0. The summed E-state index contributed by atoms with van der Waals surface area (Å²) in [5, 5.41) is 7.03. The Morgan fingerprint density at radius 3 is 2.66 bits per heavy atom. The molecule has 1 aliphatic heterocycles. The van der Waals surface area contributed by atoms with Gasteiger partial charge in [-0.1, -0.05) is 29.8 Å². The summed E-state index contributed by atoms with van der Waals surface area (Å²) in [6.45, 7) is 0.232. The van der Waals surface area contributed by atoms with E-state index in [9.17, 15) is 14.0 Å². The monoisotopic (exact) mass is 535 g/mol. The Bertz CT molecular complexity index is 1570. The highest BCUT2D eigenvalue weighted by molar-refractivity contribution is 6.33. The van der Waals surface area contributed by atoms with E-state index in [1.165, 1.54) is 28.8 Å². The van der Waals surface area contributed by atoms with Crippen LogP contribution in [0.4, 0.5) is 10.3 Å². The van der Waals surface area contributed by atoms with E-state index in [1.807, 2.05) is 0 Å². The van der Waals surface area contributed by atoms with E-state index in [0.717, 1.165) is 12.8 Å². The minimum atomic E-state index is -0.737. The number of carbonyl (C=O) groups excluding carboxylic acids is 1. The lowest BCUT2D eigenvalue weighted by Crippen LogP contribution is -2.44. The summed E-state index contributed by atoms with van der Waals surface area (Å²) in [6, 6.07) is 14.5. The molecule has 4 aromatic rings. The van der Waals surface area contributed by atoms with E-state index in [2.05, 4.69) is 20.6 Å². The fourth-order valence-electron chi connectivity index (χ4n) is 4.39. The van der Waals surface area contributed by atoms with Crippen LogP contribution in [0, 0.1) is 5.82 Å². The van der Waals surface area contributed by atoms with Crippen molar-refractivity contribution < 1.29 is 18.7 Å². The number of anilines is 1. The fourth-order valence-corrected chi connectivity index (χ4v) is 4.63. The van der Waals surface area contributed by atoms with Gasteiger partial charge in [0, 0.05) is 40.3 Å². The highest BCUT2D eigenvalue weighted by Crippen LogP contribution is 2.28. The van der Waals surface area contributed by atoms with Gasteiger partial charge in [0.2, 0.25) is 5.95 Å². The van der Waals surface area contributed by atoms with Gasteiger partial charge in [-0.25, -0.2) is 9.37 Å². The first-order valence-electron chi connectivity index (χ1n) is 12.2. The molecule has 2 atom stereocenters. The Hall–Kier alpha value is -3.86. The SMILES string of the molecule is O=C(NC1CC1)C1OCOC1CNc1ncc2cc(-c3ccccc3Cl)c(=O)n(-c3ccc(F)cc3)c2n1. The van der Waals surface area contributed by atoms with E-state index < -0.39 is 18.0 Å². The molecule has 0 radical (unpaired) electrons. The average Bonchev–Trinajstić information content (AvgIpc) is 3.60. The van der Waals surface area contributed by atoms with Gasteiger partial charge in [0.05, 0.1) is 5.69 Å². The Kier molecular flexibility index (Phi) is 6.52. The van der Waals surface area contributed by atoms with E-state index in [4.69, 9.17) is 21.1 Å². The van der Waals surface area contributed by atoms with Crippen LogP contribution >= 0.6 is 11.6 Å². The highest BCUT2D eigenvalue weighted by atomic mass is 35.5. The number of pyridine rings is 1. The molecule has 1 aliphatic carbocycles. The molecule has 2 aromatic heterocycles. The van der Waals surface area contributed by atoms with E-state index in [-0.39, 0.29) is 36.8 Å². The lowest BCUT2D eigenvalue weighted by Gasteiger charge is -2.18. The first-order chi connectivity index (χ1) is 18.5. The van der Waals surface area contributed by atoms with E-state index >= 15 is 0 Å². The largest absolute Gasteiger partial charge is 0.351 e. The molecule has 11 heteroatoms. The van der Waals surface area contributed by atoms with Gasteiger partial charge in [-0.3, -0.25) is 14.2 Å². The van der Waals surface area contributed by atoms with Crippen LogP contribution in [0.5, 0.6) is 0 Å². The summed E-state index contributed by atoms with van der Waals surface area (Å²) >= 11 is 6.41. The Balaban J connectivity index is 1.36. The zero-order valence-electron chi connectivity index (χ0n) is 20.1. The van der Waals surface area contributed by atoms with Crippen LogP contribution < -0.4 is 16.2 Å². The molecule has 2 unspecified atom stereocenters. The first-order valence-corrected chi connectivity index (χ1v) is 12.6. The van der Waals surface area contributed by atoms with Crippen LogP contribution in [0.2, 0.25) is 5.02 Å². The van der Waals surface area contributed by atoms with Gasteiger partial charge in [0.15, 0.2) is 11.8 Å². The zero-order valence-corrected chi connectivity index (χ0v) is 20.8. The molecule has 2 aliphatic rings. The van der Waals surface area contributed by atoms with Crippen LogP contribution in [-0.2, 0) is 14.3 Å². The molecule has 1 saturated carbocycles. The Labute approximate surface area is 221 Å². The van der Waals surface area contributed by atoms with Crippen molar-refractivity contribution in [1.82, 2.24) is 19.9 Å². The maximum Gasteiger partial charge on any atom is 0.264 e. The topological polar surface area (TPSA) is 107 Å². The Morgan fingerprint density at radius 1 is 1.11 bits per heavy atom. The highest BCUT2D eigenvalue weighted by Gasteiger charge is 2.37. The Morgan fingerprint density at radius 2 is 1.89 bits per heavy atom. The smallest absolute Gasteiger partial charge is 0.264 e. The number of aromatic nitrogens is 3. The van der Waals surface area contributed by atoms with Crippen LogP contribution in [-0.4, -0.2) is 52.0 Å². The lowest BCUT2D eigenvalue weighted by atomic mass is 10.1. The molecule has 38 heavy (non-hydrogen) atoms. The number of nitrogens with zero attached hydrogens (tertiary/aromatic N) is 3.